The smallest absolute Gasteiger partial charge is 0.186 e. The van der Waals surface area contributed by atoms with E-state index >= 15 is 0 Å². The largest absolute Gasteiger partial charge is 0.375 e. The lowest BCUT2D eigenvalue weighted by molar-refractivity contribution is -0.0150. The van der Waals surface area contributed by atoms with E-state index in [1.807, 2.05) is 24.3 Å². The Labute approximate surface area is 121 Å². The van der Waals surface area contributed by atoms with Gasteiger partial charge < -0.3 is 5.73 Å². The predicted octanol–water partition coefficient (Wildman–Crippen LogP) is 1.19. The summed E-state index contributed by atoms with van der Waals surface area (Å²) in [4.78, 5) is 0. The number of hydrogen-bond donors (Lipinski definition) is 1. The molecule has 2 heterocycles. The fourth-order valence-electron chi connectivity index (χ4n) is 1.56. The standard InChI is InChI=1S/C11H13ClN6S/c12-17-7-1-2-8-18(17)16(11(13)19)9-5-10-4-3-6-14-15-10/h1-4,6-8H,5,9H2,(H2,13,19). The Bertz CT molecular complexity index is 491. The van der Waals surface area contributed by atoms with Gasteiger partial charge in [-0.25, -0.2) is 5.01 Å². The normalized spacial score (nSPS) is 13.7. The van der Waals surface area contributed by atoms with Crippen LogP contribution in [0.25, 0.3) is 0 Å². The minimum absolute atomic E-state index is 0.231. The first-order chi connectivity index (χ1) is 9.18. The van der Waals surface area contributed by atoms with E-state index in [9.17, 15) is 0 Å². The molecule has 0 radical (unpaired) electrons. The summed E-state index contributed by atoms with van der Waals surface area (Å²) >= 11 is 11.1. The first-order valence-electron chi connectivity index (χ1n) is 5.61. The Hall–Kier alpha value is -1.86. The van der Waals surface area contributed by atoms with Gasteiger partial charge in [0.15, 0.2) is 5.11 Å². The zero-order valence-electron chi connectivity index (χ0n) is 10.1. The number of nitrogens with zero attached hydrogens (tertiary/aromatic N) is 5. The fraction of sp³-hybridized carbons (Fsp3) is 0.182. The molecule has 1 aromatic rings. The number of hydrazine groups is 2. The molecule has 8 heteroatoms. The molecule has 0 fully saturated rings. The zero-order chi connectivity index (χ0) is 13.7. The van der Waals surface area contributed by atoms with Crippen molar-refractivity contribution in [2.75, 3.05) is 6.54 Å². The second-order valence-electron chi connectivity index (χ2n) is 3.72. The molecule has 1 aliphatic rings. The van der Waals surface area contributed by atoms with Crippen LogP contribution in [0.4, 0.5) is 0 Å². The molecule has 100 valence electrons. The molecule has 0 amide bonds. The van der Waals surface area contributed by atoms with Crippen LogP contribution in [0.15, 0.2) is 42.9 Å². The summed E-state index contributed by atoms with van der Waals surface area (Å²) in [6.07, 6.45) is 9.39. The highest BCUT2D eigenvalue weighted by Crippen LogP contribution is 2.13. The van der Waals surface area contributed by atoms with E-state index in [0.717, 1.165) is 5.69 Å². The van der Waals surface area contributed by atoms with E-state index in [1.165, 1.54) is 4.53 Å². The van der Waals surface area contributed by atoms with Crippen molar-refractivity contribution >= 4 is 29.1 Å². The SMILES string of the molecule is NC(=S)N(CCc1cccnn1)N1C=CC=CN1Cl. The number of thiocarbonyl (C=S) groups is 1. The van der Waals surface area contributed by atoms with Gasteiger partial charge in [-0.1, -0.05) is 0 Å². The maximum absolute atomic E-state index is 6.04. The van der Waals surface area contributed by atoms with Crippen molar-refractivity contribution in [1.82, 2.24) is 24.9 Å². The average Bonchev–Trinajstić information content (AvgIpc) is 2.42. The van der Waals surface area contributed by atoms with E-state index in [-0.39, 0.29) is 5.11 Å². The fourth-order valence-corrected chi connectivity index (χ4v) is 1.94. The minimum atomic E-state index is 0.231. The lowest BCUT2D eigenvalue weighted by Crippen LogP contribution is -2.51. The molecular weight excluding hydrogens is 284 g/mol. The Morgan fingerprint density at radius 3 is 2.84 bits per heavy atom. The number of hydrogen-bond acceptors (Lipinski definition) is 5. The summed E-state index contributed by atoms with van der Waals surface area (Å²) in [5.74, 6) is 0. The molecule has 0 bridgehead atoms. The van der Waals surface area contributed by atoms with Crippen LogP contribution < -0.4 is 5.73 Å². The van der Waals surface area contributed by atoms with Crippen LogP contribution >= 0.6 is 24.0 Å². The molecule has 0 spiro atoms. The topological polar surface area (TPSA) is 61.5 Å². The third-order valence-electron chi connectivity index (χ3n) is 2.44. The molecule has 1 aliphatic heterocycles. The minimum Gasteiger partial charge on any atom is -0.375 e. The molecule has 19 heavy (non-hydrogen) atoms. The second-order valence-corrected chi connectivity index (χ2v) is 4.48. The van der Waals surface area contributed by atoms with Crippen molar-refractivity contribution in [2.45, 2.75) is 6.42 Å². The Morgan fingerprint density at radius 1 is 1.42 bits per heavy atom. The Balaban J connectivity index is 2.03. The molecule has 6 nitrogen and oxygen atoms in total. The zero-order valence-corrected chi connectivity index (χ0v) is 11.6. The first-order valence-corrected chi connectivity index (χ1v) is 6.36. The Morgan fingerprint density at radius 2 is 2.21 bits per heavy atom. The molecule has 2 N–H and O–H groups in total. The van der Waals surface area contributed by atoms with Crippen molar-refractivity contribution in [3.8, 4) is 0 Å². The van der Waals surface area contributed by atoms with Gasteiger partial charge in [-0.3, -0.25) is 0 Å². The lowest BCUT2D eigenvalue weighted by atomic mass is 10.3. The van der Waals surface area contributed by atoms with E-state index in [0.29, 0.717) is 13.0 Å². The molecular formula is C11H13ClN6S. The van der Waals surface area contributed by atoms with Crippen LogP contribution in [0.2, 0.25) is 0 Å². The third-order valence-corrected chi connectivity index (χ3v) is 2.92. The highest BCUT2D eigenvalue weighted by molar-refractivity contribution is 7.80. The molecule has 0 saturated heterocycles. The van der Waals surface area contributed by atoms with Crippen LogP contribution in [0.3, 0.4) is 0 Å². The monoisotopic (exact) mass is 296 g/mol. The van der Waals surface area contributed by atoms with Gasteiger partial charge in [0.05, 0.1) is 5.69 Å². The van der Waals surface area contributed by atoms with Gasteiger partial charge in [-0.2, -0.15) is 19.8 Å². The third kappa shape index (κ3) is 3.55. The van der Waals surface area contributed by atoms with Gasteiger partial charge in [0.2, 0.25) is 0 Å². The summed E-state index contributed by atoms with van der Waals surface area (Å²) in [5, 5.41) is 11.4. The average molecular weight is 297 g/mol. The first kappa shape index (κ1) is 13.6. The van der Waals surface area contributed by atoms with Crippen LogP contribution in [0.5, 0.6) is 0 Å². The maximum Gasteiger partial charge on any atom is 0.186 e. The van der Waals surface area contributed by atoms with Crippen LogP contribution in [0, 0.1) is 0 Å². The molecule has 0 atom stereocenters. The number of halogens is 1. The Kier molecular flexibility index (Phi) is 4.53. The number of allylic oxidation sites excluding steroid dienone is 2. The summed E-state index contributed by atoms with van der Waals surface area (Å²) in [5.41, 5.74) is 6.59. The van der Waals surface area contributed by atoms with Crippen LogP contribution in [0.1, 0.15) is 5.69 Å². The molecule has 0 saturated carbocycles. The van der Waals surface area contributed by atoms with Crippen molar-refractivity contribution in [3.05, 3.63) is 48.6 Å². The quantitative estimate of drug-likeness (QED) is 0.661. The van der Waals surface area contributed by atoms with Crippen molar-refractivity contribution in [1.29, 1.82) is 0 Å². The van der Waals surface area contributed by atoms with E-state index in [2.05, 4.69) is 10.2 Å². The summed E-state index contributed by atoms with van der Waals surface area (Å²) in [7, 11) is 0. The molecule has 0 aliphatic carbocycles. The van der Waals surface area contributed by atoms with E-state index in [4.69, 9.17) is 29.7 Å². The van der Waals surface area contributed by atoms with E-state index in [1.54, 1.807) is 28.7 Å². The van der Waals surface area contributed by atoms with Gasteiger partial charge in [0, 0.05) is 43.3 Å². The number of aromatic nitrogens is 2. The van der Waals surface area contributed by atoms with Gasteiger partial charge in [0.25, 0.3) is 0 Å². The maximum atomic E-state index is 6.04. The molecule has 0 aromatic carbocycles. The highest BCUT2D eigenvalue weighted by Gasteiger charge is 2.18. The molecule has 0 unspecified atom stereocenters. The van der Waals surface area contributed by atoms with E-state index < -0.39 is 0 Å². The van der Waals surface area contributed by atoms with Crippen LogP contribution in [-0.2, 0) is 6.42 Å². The van der Waals surface area contributed by atoms with Gasteiger partial charge in [0.1, 0.15) is 0 Å². The van der Waals surface area contributed by atoms with Gasteiger partial charge in [-0.05, 0) is 36.5 Å². The summed E-state index contributed by atoms with van der Waals surface area (Å²) in [6.45, 7) is 0.551. The second kappa shape index (κ2) is 6.35. The number of rotatable bonds is 4. The lowest BCUT2D eigenvalue weighted by Gasteiger charge is -2.38. The van der Waals surface area contributed by atoms with Crippen LogP contribution in [-0.4, -0.2) is 36.5 Å². The molecule has 2 rings (SSSR count). The number of nitrogens with two attached hydrogens (primary N) is 1. The summed E-state index contributed by atoms with van der Waals surface area (Å²) < 4.78 is 1.37. The van der Waals surface area contributed by atoms with Crippen molar-refractivity contribution in [3.63, 3.8) is 0 Å². The summed E-state index contributed by atoms with van der Waals surface area (Å²) in [6, 6.07) is 3.74. The predicted molar refractivity (Wildman–Crippen MR) is 77.0 cm³/mol. The van der Waals surface area contributed by atoms with Crippen molar-refractivity contribution in [2.24, 2.45) is 5.73 Å². The molecule has 1 aromatic heterocycles. The van der Waals surface area contributed by atoms with Gasteiger partial charge in [-0.15, -0.1) is 0 Å². The highest BCUT2D eigenvalue weighted by atomic mass is 35.5. The van der Waals surface area contributed by atoms with Crippen molar-refractivity contribution < 1.29 is 0 Å². The van der Waals surface area contributed by atoms with Gasteiger partial charge >= 0.3 is 0 Å².